The third-order valence-corrected chi connectivity index (χ3v) is 3.64. The standard InChI is InChI=1S/C14H30N.2C3H6O2.Na/c1-2-3-4-5-6-7-8-9-10-11-12-13-14-15;2*1-2-3(4)5;/h15H,2-14H2,1H3;2*2H2,1H3,(H,4,5);/q-1;;;+1. The molecule has 0 radical (unpaired) electrons. The van der Waals surface area contributed by atoms with Crippen LogP contribution in [0, 0.1) is 0 Å². The van der Waals surface area contributed by atoms with Gasteiger partial charge in [0.1, 0.15) is 0 Å². The van der Waals surface area contributed by atoms with Gasteiger partial charge in [0.15, 0.2) is 0 Å². The number of aliphatic carboxylic acids is 2. The second-order valence-electron chi connectivity index (χ2n) is 6.13. The van der Waals surface area contributed by atoms with Crippen molar-refractivity contribution in [2.75, 3.05) is 6.54 Å². The van der Waals surface area contributed by atoms with Gasteiger partial charge in [0.05, 0.1) is 0 Å². The molecule has 0 heterocycles. The summed E-state index contributed by atoms with van der Waals surface area (Å²) < 4.78 is 0. The van der Waals surface area contributed by atoms with Crippen LogP contribution in [0.3, 0.4) is 0 Å². The van der Waals surface area contributed by atoms with Crippen LogP contribution in [0.5, 0.6) is 0 Å². The van der Waals surface area contributed by atoms with Gasteiger partial charge in [-0.05, 0) is 0 Å². The molecular formula is C20H42NNaO4. The molecule has 0 rings (SSSR count). The molecule has 0 unspecified atom stereocenters. The zero-order chi connectivity index (χ0) is 19.8. The summed E-state index contributed by atoms with van der Waals surface area (Å²) in [5, 5.41) is 15.4. The Morgan fingerprint density at radius 2 is 0.846 bits per heavy atom. The Balaban J connectivity index is -0.000000182. The fraction of sp³-hybridized carbons (Fsp3) is 0.900. The van der Waals surface area contributed by atoms with Crippen molar-refractivity contribution in [3.63, 3.8) is 0 Å². The van der Waals surface area contributed by atoms with Crippen LogP contribution in [0.4, 0.5) is 0 Å². The van der Waals surface area contributed by atoms with Crippen molar-refractivity contribution in [2.45, 2.75) is 111 Å². The molecule has 0 saturated heterocycles. The predicted molar refractivity (Wildman–Crippen MR) is 106 cm³/mol. The molecule has 6 heteroatoms. The fourth-order valence-corrected chi connectivity index (χ4v) is 1.97. The second-order valence-corrected chi connectivity index (χ2v) is 6.13. The molecule has 0 aromatic rings. The Bertz CT molecular complexity index is 251. The molecule has 0 saturated carbocycles. The average molecular weight is 384 g/mol. The van der Waals surface area contributed by atoms with Crippen LogP contribution in [0.25, 0.3) is 5.73 Å². The van der Waals surface area contributed by atoms with Crippen LogP contribution in [0.2, 0.25) is 0 Å². The van der Waals surface area contributed by atoms with Crippen LogP contribution in [-0.4, -0.2) is 28.7 Å². The summed E-state index contributed by atoms with van der Waals surface area (Å²) >= 11 is 0. The van der Waals surface area contributed by atoms with Crippen molar-refractivity contribution in [3.05, 3.63) is 5.73 Å². The molecule has 0 fully saturated rings. The number of hydrogen-bond donors (Lipinski definition) is 2. The first kappa shape index (κ1) is 33.5. The number of carboxylic acids is 2. The van der Waals surface area contributed by atoms with E-state index in [-0.39, 0.29) is 42.4 Å². The molecule has 152 valence electrons. The Labute approximate surface area is 183 Å². The maximum absolute atomic E-state index is 9.37. The minimum absolute atomic E-state index is 0. The molecule has 0 aliphatic heterocycles. The maximum Gasteiger partial charge on any atom is 1.00 e. The molecule has 0 aliphatic carbocycles. The molecule has 0 spiro atoms. The number of unbranched alkanes of at least 4 members (excludes halogenated alkanes) is 11. The Kier molecular flexibility index (Phi) is 41.9. The quantitative estimate of drug-likeness (QED) is 0.353. The molecule has 0 atom stereocenters. The van der Waals surface area contributed by atoms with Gasteiger partial charge in [0.25, 0.3) is 0 Å². The van der Waals surface area contributed by atoms with E-state index >= 15 is 0 Å². The first-order chi connectivity index (χ1) is 12.0. The van der Waals surface area contributed by atoms with Gasteiger partial charge in [-0.15, -0.1) is 0 Å². The third kappa shape index (κ3) is 49.6. The molecule has 0 bridgehead atoms. The van der Waals surface area contributed by atoms with Gasteiger partial charge < -0.3 is 15.9 Å². The number of rotatable bonds is 14. The van der Waals surface area contributed by atoms with E-state index in [0.29, 0.717) is 6.54 Å². The van der Waals surface area contributed by atoms with Gasteiger partial charge >= 0.3 is 41.5 Å². The number of hydrogen-bond acceptors (Lipinski definition) is 2. The first-order valence-electron chi connectivity index (χ1n) is 10.0. The first-order valence-corrected chi connectivity index (χ1v) is 10.0. The van der Waals surface area contributed by atoms with Crippen molar-refractivity contribution >= 4 is 11.9 Å². The Morgan fingerprint density at radius 1 is 0.615 bits per heavy atom. The normalized spacial score (nSPS) is 9.08. The predicted octanol–water partition coefficient (Wildman–Crippen LogP) is 3.71. The molecule has 0 amide bonds. The van der Waals surface area contributed by atoms with Crippen LogP contribution in [-0.2, 0) is 9.59 Å². The molecule has 0 aliphatic rings. The third-order valence-electron chi connectivity index (χ3n) is 3.64. The van der Waals surface area contributed by atoms with Crippen LogP contribution in [0.1, 0.15) is 111 Å². The monoisotopic (exact) mass is 383 g/mol. The van der Waals surface area contributed by atoms with E-state index < -0.39 is 11.9 Å². The summed E-state index contributed by atoms with van der Waals surface area (Å²) in [5.74, 6) is -1.49. The summed E-state index contributed by atoms with van der Waals surface area (Å²) in [7, 11) is 0. The van der Waals surface area contributed by atoms with E-state index in [1.54, 1.807) is 13.8 Å². The largest absolute Gasteiger partial charge is 1.00 e. The zero-order valence-corrected chi connectivity index (χ0v) is 19.8. The smallest absolute Gasteiger partial charge is 0.677 e. The minimum atomic E-state index is -0.745. The van der Waals surface area contributed by atoms with Crippen LogP contribution < -0.4 is 29.6 Å². The molecule has 0 aromatic heterocycles. The van der Waals surface area contributed by atoms with Gasteiger partial charge in [-0.25, -0.2) is 0 Å². The SMILES string of the molecule is CCC(=O)O.CCC(=O)O.CCCCCCCCCCCCCC[NH-].[Na+]. The van der Waals surface area contributed by atoms with Crippen LogP contribution in [0.15, 0.2) is 0 Å². The Hall–Kier alpha value is -0.100. The summed E-state index contributed by atoms with van der Waals surface area (Å²) in [6.07, 6.45) is 17.0. The van der Waals surface area contributed by atoms with Crippen molar-refractivity contribution in [3.8, 4) is 0 Å². The molecular weight excluding hydrogens is 341 g/mol. The molecule has 26 heavy (non-hydrogen) atoms. The Morgan fingerprint density at radius 3 is 1.04 bits per heavy atom. The van der Waals surface area contributed by atoms with Crippen molar-refractivity contribution in [1.29, 1.82) is 0 Å². The van der Waals surface area contributed by atoms with Crippen LogP contribution >= 0.6 is 0 Å². The van der Waals surface area contributed by atoms with E-state index in [4.69, 9.17) is 15.9 Å². The fourth-order valence-electron chi connectivity index (χ4n) is 1.97. The average Bonchev–Trinajstić information content (AvgIpc) is 2.60. The molecule has 0 aromatic carbocycles. The number of carbonyl (C=O) groups is 2. The van der Waals surface area contributed by atoms with E-state index in [1.807, 2.05) is 0 Å². The number of carboxylic acid groups (broad SMARTS) is 2. The summed E-state index contributed by atoms with van der Waals surface area (Å²) in [6.45, 7) is 6.10. The molecule has 5 nitrogen and oxygen atoms in total. The summed E-state index contributed by atoms with van der Waals surface area (Å²) in [4.78, 5) is 18.7. The van der Waals surface area contributed by atoms with Gasteiger partial charge in [-0.1, -0.05) is 97.8 Å². The zero-order valence-electron chi connectivity index (χ0n) is 17.8. The summed E-state index contributed by atoms with van der Waals surface area (Å²) in [6, 6.07) is 0. The van der Waals surface area contributed by atoms with Gasteiger partial charge in [0.2, 0.25) is 0 Å². The van der Waals surface area contributed by atoms with Crippen molar-refractivity contribution in [1.82, 2.24) is 0 Å². The number of nitrogens with one attached hydrogen (secondary N) is 1. The van der Waals surface area contributed by atoms with Crippen molar-refractivity contribution in [2.24, 2.45) is 0 Å². The minimum Gasteiger partial charge on any atom is -0.677 e. The van der Waals surface area contributed by atoms with Gasteiger partial charge in [0, 0.05) is 12.8 Å². The van der Waals surface area contributed by atoms with Gasteiger partial charge in [-0.2, -0.15) is 6.54 Å². The van der Waals surface area contributed by atoms with Crippen molar-refractivity contribution < 1.29 is 49.4 Å². The second kappa shape index (κ2) is 32.6. The van der Waals surface area contributed by atoms with E-state index in [0.717, 1.165) is 6.42 Å². The maximum atomic E-state index is 9.37. The summed E-state index contributed by atoms with van der Waals surface area (Å²) in [5.41, 5.74) is 7.03. The van der Waals surface area contributed by atoms with E-state index in [9.17, 15) is 9.59 Å². The van der Waals surface area contributed by atoms with Gasteiger partial charge in [-0.3, -0.25) is 9.59 Å². The van der Waals surface area contributed by atoms with E-state index in [1.165, 1.54) is 70.6 Å². The topological polar surface area (TPSA) is 98.4 Å². The van der Waals surface area contributed by atoms with E-state index in [2.05, 4.69) is 6.92 Å². The molecule has 3 N–H and O–H groups in total.